The van der Waals surface area contributed by atoms with Crippen LogP contribution in [0.4, 0.5) is 0 Å². The fourth-order valence-electron chi connectivity index (χ4n) is 3.53. The van der Waals surface area contributed by atoms with Gasteiger partial charge in [-0.1, -0.05) is 0 Å². The second-order valence-corrected chi connectivity index (χ2v) is 8.46. The Bertz CT molecular complexity index is 868. The second kappa shape index (κ2) is 7.60. The number of allylic oxidation sites excluding steroid dienone is 2. The van der Waals surface area contributed by atoms with E-state index in [4.69, 9.17) is 11.5 Å². The molecule has 1 aromatic carbocycles. The standard InChI is InChI=1S/C20H28N4OS/c1-12(9-18(21)23-14-5-4-8-24(3)11-14)19(22)15-6-7-17-16(20(15)25)10-13(2)26-17/h6-7,9-10,14,23,25H,4-5,8,11,21-22H2,1-3H3/b18-9+,19-12-. The third kappa shape index (κ3) is 3.97. The van der Waals surface area contributed by atoms with E-state index >= 15 is 0 Å². The summed E-state index contributed by atoms with van der Waals surface area (Å²) < 4.78 is 1.06. The summed E-state index contributed by atoms with van der Waals surface area (Å²) >= 11 is 1.66. The molecule has 0 aliphatic carbocycles. The van der Waals surface area contributed by atoms with Crippen molar-refractivity contribution in [3.63, 3.8) is 0 Å². The van der Waals surface area contributed by atoms with Crippen LogP contribution in [-0.4, -0.2) is 36.2 Å². The molecule has 140 valence electrons. The fraction of sp³-hybridized carbons (Fsp3) is 0.400. The van der Waals surface area contributed by atoms with Crippen molar-refractivity contribution >= 4 is 27.1 Å². The van der Waals surface area contributed by atoms with E-state index in [1.165, 1.54) is 6.42 Å². The van der Waals surface area contributed by atoms with Gasteiger partial charge in [-0.15, -0.1) is 11.3 Å². The first kappa shape index (κ1) is 18.6. The lowest BCUT2D eigenvalue weighted by Gasteiger charge is -2.30. The summed E-state index contributed by atoms with van der Waals surface area (Å²) in [5.74, 6) is 0.843. The van der Waals surface area contributed by atoms with Gasteiger partial charge < -0.3 is 26.8 Å². The normalized spacial score (nSPS) is 20.3. The van der Waals surface area contributed by atoms with Crippen LogP contribution in [-0.2, 0) is 0 Å². The highest BCUT2D eigenvalue weighted by molar-refractivity contribution is 7.19. The number of aromatic hydroxyl groups is 1. The van der Waals surface area contributed by atoms with Gasteiger partial charge in [-0.3, -0.25) is 0 Å². The van der Waals surface area contributed by atoms with E-state index < -0.39 is 0 Å². The molecule has 1 saturated heterocycles. The van der Waals surface area contributed by atoms with Crippen LogP contribution in [0.5, 0.6) is 5.75 Å². The van der Waals surface area contributed by atoms with Gasteiger partial charge >= 0.3 is 0 Å². The van der Waals surface area contributed by atoms with Crippen LogP contribution in [0.1, 0.15) is 30.2 Å². The van der Waals surface area contributed by atoms with Gasteiger partial charge in [0, 0.05) is 38.8 Å². The van der Waals surface area contributed by atoms with Crippen molar-refractivity contribution in [3.05, 3.63) is 46.1 Å². The summed E-state index contributed by atoms with van der Waals surface area (Å²) in [7, 11) is 2.13. The van der Waals surface area contributed by atoms with Gasteiger partial charge in [-0.25, -0.2) is 0 Å². The first-order valence-electron chi connectivity index (χ1n) is 8.96. The van der Waals surface area contributed by atoms with Crippen molar-refractivity contribution in [2.45, 2.75) is 32.7 Å². The number of likely N-dealkylation sites (N-methyl/N-ethyl adjacent to an activating group) is 1. The monoisotopic (exact) mass is 372 g/mol. The summed E-state index contributed by atoms with van der Waals surface area (Å²) in [5, 5.41) is 14.9. The largest absolute Gasteiger partial charge is 0.507 e. The quantitative estimate of drug-likeness (QED) is 0.620. The van der Waals surface area contributed by atoms with Gasteiger partial charge in [-0.05, 0) is 70.1 Å². The molecule has 1 unspecified atom stereocenters. The molecule has 0 amide bonds. The zero-order valence-electron chi connectivity index (χ0n) is 15.7. The highest BCUT2D eigenvalue weighted by Gasteiger charge is 2.17. The molecule has 0 radical (unpaired) electrons. The van der Waals surface area contributed by atoms with Crippen molar-refractivity contribution < 1.29 is 5.11 Å². The zero-order valence-corrected chi connectivity index (χ0v) is 16.5. The summed E-state index contributed by atoms with van der Waals surface area (Å²) in [6.45, 7) is 6.07. The summed E-state index contributed by atoms with van der Waals surface area (Å²) in [4.78, 5) is 3.47. The summed E-state index contributed by atoms with van der Waals surface area (Å²) in [6.07, 6.45) is 4.14. The highest BCUT2D eigenvalue weighted by atomic mass is 32.1. The number of aryl methyl sites for hydroxylation is 1. The minimum absolute atomic E-state index is 0.234. The minimum atomic E-state index is 0.234. The number of thiophene rings is 1. The molecule has 2 aromatic rings. The molecule has 1 aliphatic rings. The molecular formula is C20H28N4OS. The van der Waals surface area contributed by atoms with Crippen LogP contribution in [0.2, 0.25) is 0 Å². The maximum Gasteiger partial charge on any atom is 0.133 e. The van der Waals surface area contributed by atoms with E-state index in [2.05, 4.69) is 17.3 Å². The van der Waals surface area contributed by atoms with Crippen molar-refractivity contribution in [2.24, 2.45) is 11.5 Å². The Balaban J connectivity index is 1.83. The Labute approximate surface area is 159 Å². The van der Waals surface area contributed by atoms with Crippen molar-refractivity contribution in [1.82, 2.24) is 10.2 Å². The van der Waals surface area contributed by atoms with E-state index in [-0.39, 0.29) is 5.75 Å². The van der Waals surface area contributed by atoms with Crippen LogP contribution in [0.25, 0.3) is 15.8 Å². The van der Waals surface area contributed by atoms with Crippen molar-refractivity contribution in [1.29, 1.82) is 0 Å². The van der Waals surface area contributed by atoms with E-state index in [0.29, 0.717) is 23.1 Å². The van der Waals surface area contributed by atoms with Gasteiger partial charge in [0.15, 0.2) is 0 Å². The third-order valence-corrected chi connectivity index (χ3v) is 5.89. The molecule has 6 N–H and O–H groups in total. The Morgan fingerprint density at radius 1 is 1.38 bits per heavy atom. The molecule has 6 heteroatoms. The highest BCUT2D eigenvalue weighted by Crippen LogP contribution is 2.37. The SMILES string of the molecule is CC(/C=C(\N)NC1CCCN(C)C1)=C(/N)c1ccc2sc(C)cc2c1O. The molecule has 26 heavy (non-hydrogen) atoms. The zero-order chi connectivity index (χ0) is 18.8. The smallest absolute Gasteiger partial charge is 0.133 e. The number of benzene rings is 1. The van der Waals surface area contributed by atoms with Crippen LogP contribution in [0.3, 0.4) is 0 Å². The topological polar surface area (TPSA) is 87.5 Å². The van der Waals surface area contributed by atoms with E-state index in [1.807, 2.05) is 38.1 Å². The van der Waals surface area contributed by atoms with Gasteiger partial charge in [0.25, 0.3) is 0 Å². The number of hydrogen-bond donors (Lipinski definition) is 4. The molecule has 1 fully saturated rings. The molecule has 1 aromatic heterocycles. The Morgan fingerprint density at radius 2 is 2.15 bits per heavy atom. The average Bonchev–Trinajstić information content (AvgIpc) is 2.96. The number of fused-ring (bicyclic) bond motifs is 1. The first-order chi connectivity index (χ1) is 12.3. The maximum absolute atomic E-state index is 10.6. The molecule has 5 nitrogen and oxygen atoms in total. The fourth-order valence-corrected chi connectivity index (χ4v) is 4.45. The number of piperidine rings is 1. The summed E-state index contributed by atoms with van der Waals surface area (Å²) in [5.41, 5.74) is 14.5. The molecule has 0 bridgehead atoms. The molecule has 3 rings (SSSR count). The number of rotatable bonds is 4. The average molecular weight is 373 g/mol. The molecule has 0 saturated carbocycles. The second-order valence-electron chi connectivity index (χ2n) is 7.17. The number of nitrogens with two attached hydrogens (primary N) is 2. The Kier molecular flexibility index (Phi) is 5.44. The number of likely N-dealkylation sites (tertiary alicyclic amines) is 1. The predicted molar refractivity (Wildman–Crippen MR) is 111 cm³/mol. The van der Waals surface area contributed by atoms with Crippen LogP contribution in [0, 0.1) is 6.92 Å². The minimum Gasteiger partial charge on any atom is -0.507 e. The van der Waals surface area contributed by atoms with Crippen molar-refractivity contribution in [3.8, 4) is 5.75 Å². The Hall–Kier alpha value is -2.18. The van der Waals surface area contributed by atoms with Gasteiger partial charge in [0.1, 0.15) is 5.75 Å². The van der Waals surface area contributed by atoms with Crippen molar-refractivity contribution in [2.75, 3.05) is 20.1 Å². The molecule has 0 spiro atoms. The maximum atomic E-state index is 10.6. The predicted octanol–water partition coefficient (Wildman–Crippen LogP) is 3.09. The third-order valence-electron chi connectivity index (χ3n) is 4.88. The summed E-state index contributed by atoms with van der Waals surface area (Å²) in [6, 6.07) is 6.23. The number of phenolic OH excluding ortho intramolecular Hbond substituents is 1. The van der Waals surface area contributed by atoms with E-state index in [9.17, 15) is 5.11 Å². The lowest BCUT2D eigenvalue weighted by Crippen LogP contribution is -2.44. The van der Waals surface area contributed by atoms with Gasteiger partial charge in [0.2, 0.25) is 0 Å². The first-order valence-corrected chi connectivity index (χ1v) is 9.78. The van der Waals surface area contributed by atoms with Crippen LogP contribution < -0.4 is 16.8 Å². The van der Waals surface area contributed by atoms with Gasteiger partial charge in [-0.2, -0.15) is 0 Å². The lowest BCUT2D eigenvalue weighted by molar-refractivity contribution is 0.234. The molecule has 2 heterocycles. The number of nitrogens with one attached hydrogen (secondary N) is 1. The molecular weight excluding hydrogens is 344 g/mol. The Morgan fingerprint density at radius 3 is 2.88 bits per heavy atom. The number of nitrogens with zero attached hydrogens (tertiary/aromatic N) is 1. The number of hydrogen-bond acceptors (Lipinski definition) is 6. The van der Waals surface area contributed by atoms with Gasteiger partial charge in [0.05, 0.1) is 5.82 Å². The van der Waals surface area contributed by atoms with Crippen LogP contribution >= 0.6 is 11.3 Å². The van der Waals surface area contributed by atoms with E-state index in [0.717, 1.165) is 40.0 Å². The molecule has 1 aliphatic heterocycles. The van der Waals surface area contributed by atoms with E-state index in [1.54, 1.807) is 11.3 Å². The van der Waals surface area contributed by atoms with Crippen LogP contribution in [0.15, 0.2) is 35.7 Å². The lowest BCUT2D eigenvalue weighted by atomic mass is 10.0. The molecule has 1 atom stereocenters. The number of phenols is 1.